The highest BCUT2D eigenvalue weighted by Crippen LogP contribution is 2.37. The summed E-state index contributed by atoms with van der Waals surface area (Å²) in [5.74, 6) is -0.893. The highest BCUT2D eigenvalue weighted by Gasteiger charge is 2.32. The van der Waals surface area contributed by atoms with Crippen molar-refractivity contribution in [3.8, 4) is 0 Å². The SMILES string of the molecule is Nc1ccc(S(=O)(=O)CC2Cc3ccccc32)c(F)c1. The Balaban J connectivity index is 1.88. The number of nitrogen functional groups attached to an aromatic ring is 1. The van der Waals surface area contributed by atoms with Crippen molar-refractivity contribution in [1.82, 2.24) is 0 Å². The van der Waals surface area contributed by atoms with Crippen LogP contribution in [0.2, 0.25) is 0 Å². The maximum Gasteiger partial charge on any atom is 0.181 e. The van der Waals surface area contributed by atoms with E-state index < -0.39 is 15.7 Å². The number of hydrogen-bond donors (Lipinski definition) is 1. The monoisotopic (exact) mass is 291 g/mol. The fourth-order valence-corrected chi connectivity index (χ4v) is 4.27. The number of halogens is 1. The van der Waals surface area contributed by atoms with Gasteiger partial charge in [0.25, 0.3) is 0 Å². The van der Waals surface area contributed by atoms with Crippen LogP contribution in [-0.4, -0.2) is 14.2 Å². The van der Waals surface area contributed by atoms with Gasteiger partial charge in [-0.1, -0.05) is 24.3 Å². The topological polar surface area (TPSA) is 60.2 Å². The molecule has 0 heterocycles. The van der Waals surface area contributed by atoms with Crippen molar-refractivity contribution in [2.45, 2.75) is 17.2 Å². The molecule has 3 rings (SSSR count). The van der Waals surface area contributed by atoms with Gasteiger partial charge in [0.2, 0.25) is 0 Å². The lowest BCUT2D eigenvalue weighted by Gasteiger charge is -2.29. The molecule has 20 heavy (non-hydrogen) atoms. The zero-order valence-electron chi connectivity index (χ0n) is 10.7. The first-order chi connectivity index (χ1) is 9.47. The molecule has 0 aromatic heterocycles. The van der Waals surface area contributed by atoms with Gasteiger partial charge in [-0.15, -0.1) is 0 Å². The second-order valence-electron chi connectivity index (χ2n) is 5.07. The van der Waals surface area contributed by atoms with Crippen molar-refractivity contribution >= 4 is 15.5 Å². The normalized spacial score (nSPS) is 17.4. The molecular formula is C15H14FNO2S. The molecule has 2 aromatic rings. The van der Waals surface area contributed by atoms with Gasteiger partial charge in [-0.25, -0.2) is 12.8 Å². The highest BCUT2D eigenvalue weighted by molar-refractivity contribution is 7.91. The van der Waals surface area contributed by atoms with Gasteiger partial charge in [-0.3, -0.25) is 0 Å². The molecule has 0 spiro atoms. The van der Waals surface area contributed by atoms with E-state index in [0.29, 0.717) is 0 Å². The second kappa shape index (κ2) is 4.59. The molecule has 1 atom stereocenters. The first kappa shape index (κ1) is 13.1. The van der Waals surface area contributed by atoms with Crippen LogP contribution in [0.15, 0.2) is 47.4 Å². The Kier molecular flexibility index (Phi) is 3.01. The molecule has 5 heteroatoms. The Bertz CT molecular complexity index is 771. The predicted octanol–water partition coefficient (Wildman–Crippen LogP) is 2.52. The Labute approximate surface area is 117 Å². The van der Waals surface area contributed by atoms with E-state index in [4.69, 9.17) is 5.73 Å². The number of fused-ring (bicyclic) bond motifs is 1. The maximum absolute atomic E-state index is 13.8. The van der Waals surface area contributed by atoms with E-state index in [-0.39, 0.29) is 22.3 Å². The van der Waals surface area contributed by atoms with Gasteiger partial charge < -0.3 is 5.73 Å². The summed E-state index contributed by atoms with van der Waals surface area (Å²) in [5, 5.41) is 0. The molecule has 1 aliphatic rings. The van der Waals surface area contributed by atoms with Crippen molar-refractivity contribution in [2.24, 2.45) is 0 Å². The van der Waals surface area contributed by atoms with E-state index in [1.54, 1.807) is 0 Å². The average Bonchev–Trinajstić information content (AvgIpc) is 2.35. The molecule has 2 aromatic carbocycles. The minimum absolute atomic E-state index is 0.0480. The largest absolute Gasteiger partial charge is 0.399 e. The molecule has 0 radical (unpaired) electrons. The lowest BCUT2D eigenvalue weighted by Crippen LogP contribution is -2.25. The average molecular weight is 291 g/mol. The summed E-state index contributed by atoms with van der Waals surface area (Å²) in [5.41, 5.74) is 7.88. The first-order valence-electron chi connectivity index (χ1n) is 6.33. The van der Waals surface area contributed by atoms with Crippen molar-refractivity contribution in [3.63, 3.8) is 0 Å². The Morgan fingerprint density at radius 2 is 1.95 bits per heavy atom. The molecule has 0 amide bonds. The van der Waals surface area contributed by atoms with Crippen LogP contribution in [0.5, 0.6) is 0 Å². The van der Waals surface area contributed by atoms with Crippen LogP contribution in [0.4, 0.5) is 10.1 Å². The molecule has 1 aliphatic carbocycles. The fraction of sp³-hybridized carbons (Fsp3) is 0.200. The third-order valence-electron chi connectivity index (χ3n) is 3.67. The summed E-state index contributed by atoms with van der Waals surface area (Å²) in [7, 11) is -3.64. The van der Waals surface area contributed by atoms with Crippen LogP contribution >= 0.6 is 0 Å². The van der Waals surface area contributed by atoms with Gasteiger partial charge in [0.15, 0.2) is 9.84 Å². The number of hydrogen-bond acceptors (Lipinski definition) is 3. The first-order valence-corrected chi connectivity index (χ1v) is 7.98. The maximum atomic E-state index is 13.8. The van der Waals surface area contributed by atoms with Crippen LogP contribution in [0, 0.1) is 5.82 Å². The second-order valence-corrected chi connectivity index (χ2v) is 7.07. The summed E-state index contributed by atoms with van der Waals surface area (Å²) >= 11 is 0. The van der Waals surface area contributed by atoms with Gasteiger partial charge in [-0.2, -0.15) is 0 Å². The van der Waals surface area contributed by atoms with Crippen molar-refractivity contribution in [2.75, 3.05) is 11.5 Å². The van der Waals surface area contributed by atoms with Crippen LogP contribution in [0.1, 0.15) is 17.0 Å². The highest BCUT2D eigenvalue weighted by atomic mass is 32.2. The summed E-state index contributed by atoms with van der Waals surface area (Å²) in [6, 6.07) is 11.4. The molecule has 0 bridgehead atoms. The quantitative estimate of drug-likeness (QED) is 0.884. The predicted molar refractivity (Wildman–Crippen MR) is 75.8 cm³/mol. The number of rotatable bonds is 3. The molecular weight excluding hydrogens is 277 g/mol. The lowest BCUT2D eigenvalue weighted by atomic mass is 9.79. The molecule has 0 saturated heterocycles. The van der Waals surface area contributed by atoms with Crippen LogP contribution in [0.3, 0.4) is 0 Å². The third-order valence-corrected chi connectivity index (χ3v) is 5.52. The van der Waals surface area contributed by atoms with Crippen molar-refractivity contribution in [1.29, 1.82) is 0 Å². The number of benzene rings is 2. The minimum atomic E-state index is -3.64. The molecule has 0 saturated carbocycles. The van der Waals surface area contributed by atoms with E-state index in [9.17, 15) is 12.8 Å². The summed E-state index contributed by atoms with van der Waals surface area (Å²) in [6.07, 6.45) is 0.728. The fourth-order valence-electron chi connectivity index (χ4n) is 2.64. The molecule has 3 nitrogen and oxygen atoms in total. The Hall–Kier alpha value is -1.88. The van der Waals surface area contributed by atoms with Gasteiger partial charge in [0.05, 0.1) is 5.75 Å². The van der Waals surface area contributed by atoms with Crippen molar-refractivity contribution in [3.05, 3.63) is 59.4 Å². The summed E-state index contributed by atoms with van der Waals surface area (Å²) in [6.45, 7) is 0. The molecule has 0 aliphatic heterocycles. The minimum Gasteiger partial charge on any atom is -0.399 e. The van der Waals surface area contributed by atoms with E-state index in [1.165, 1.54) is 17.7 Å². The Morgan fingerprint density at radius 3 is 2.65 bits per heavy atom. The summed E-state index contributed by atoms with van der Waals surface area (Å²) in [4.78, 5) is -0.268. The molecule has 104 valence electrons. The number of sulfone groups is 1. The number of nitrogens with two attached hydrogens (primary N) is 1. The molecule has 0 fully saturated rings. The third kappa shape index (κ3) is 2.18. The van der Waals surface area contributed by atoms with Crippen LogP contribution in [0.25, 0.3) is 0 Å². The zero-order chi connectivity index (χ0) is 14.3. The summed E-state index contributed by atoms with van der Waals surface area (Å²) < 4.78 is 38.3. The van der Waals surface area contributed by atoms with Gasteiger partial charge in [0, 0.05) is 11.6 Å². The van der Waals surface area contributed by atoms with Crippen LogP contribution in [-0.2, 0) is 16.3 Å². The van der Waals surface area contributed by atoms with Gasteiger partial charge >= 0.3 is 0 Å². The smallest absolute Gasteiger partial charge is 0.181 e. The molecule has 2 N–H and O–H groups in total. The molecule has 1 unspecified atom stereocenters. The van der Waals surface area contributed by atoms with Crippen molar-refractivity contribution < 1.29 is 12.8 Å². The van der Waals surface area contributed by atoms with Gasteiger partial charge in [-0.05, 0) is 35.7 Å². The van der Waals surface area contributed by atoms with E-state index in [1.807, 2.05) is 24.3 Å². The standard InChI is InChI=1S/C15H14FNO2S/c16-14-8-12(17)5-6-15(14)20(18,19)9-11-7-10-3-1-2-4-13(10)11/h1-6,8,11H,7,9,17H2. The van der Waals surface area contributed by atoms with E-state index >= 15 is 0 Å². The Morgan fingerprint density at radius 1 is 1.20 bits per heavy atom. The van der Waals surface area contributed by atoms with Crippen LogP contribution < -0.4 is 5.73 Å². The van der Waals surface area contributed by atoms with E-state index in [2.05, 4.69) is 0 Å². The van der Waals surface area contributed by atoms with Gasteiger partial charge in [0.1, 0.15) is 10.7 Å². The lowest BCUT2D eigenvalue weighted by molar-refractivity contribution is 0.556. The number of anilines is 1. The van der Waals surface area contributed by atoms with E-state index in [0.717, 1.165) is 18.1 Å². The zero-order valence-corrected chi connectivity index (χ0v) is 11.5.